The van der Waals surface area contributed by atoms with Crippen molar-refractivity contribution in [2.75, 3.05) is 5.32 Å². The summed E-state index contributed by atoms with van der Waals surface area (Å²) in [6, 6.07) is 0.703. The van der Waals surface area contributed by atoms with Gasteiger partial charge < -0.3 is 5.32 Å². The van der Waals surface area contributed by atoms with E-state index >= 15 is 0 Å². The van der Waals surface area contributed by atoms with Gasteiger partial charge in [0.15, 0.2) is 5.82 Å². The second-order valence-electron chi connectivity index (χ2n) is 4.39. The fourth-order valence-electron chi connectivity index (χ4n) is 1.44. The zero-order valence-corrected chi connectivity index (χ0v) is 13.4. The van der Waals surface area contributed by atoms with Crippen LogP contribution in [0, 0.1) is 0 Å². The molecule has 0 aliphatic heterocycles. The van der Waals surface area contributed by atoms with Crippen molar-refractivity contribution in [3.05, 3.63) is 22.8 Å². The second-order valence-corrected chi connectivity index (χ2v) is 6.10. The molecule has 0 unspecified atom stereocenters. The minimum Gasteiger partial charge on any atom is -0.308 e. The summed E-state index contributed by atoms with van der Waals surface area (Å²) in [6.45, 7) is 1.59. The molecular formula is C11H10ClF3N6OS. The van der Waals surface area contributed by atoms with Crippen LogP contribution in [-0.4, -0.2) is 36.3 Å². The van der Waals surface area contributed by atoms with Gasteiger partial charge in [0.1, 0.15) is 0 Å². The Kier molecular flexibility index (Phi) is 5.09. The average Bonchev–Trinajstić information content (AvgIpc) is 2.85. The van der Waals surface area contributed by atoms with E-state index in [1.807, 2.05) is 0 Å². The van der Waals surface area contributed by atoms with Crippen LogP contribution in [0.15, 0.2) is 17.4 Å². The number of aromatic nitrogens is 5. The SMILES string of the molecule is C[C@H](Sc1nnnn1C)C(=O)Nc1ncc(C(F)(F)F)cc1Cl. The maximum atomic E-state index is 12.5. The Morgan fingerprint density at radius 3 is 2.70 bits per heavy atom. The molecule has 2 aromatic rings. The van der Waals surface area contributed by atoms with Gasteiger partial charge >= 0.3 is 6.18 Å². The molecule has 0 saturated carbocycles. The molecule has 0 aliphatic carbocycles. The van der Waals surface area contributed by atoms with E-state index in [4.69, 9.17) is 11.6 Å². The van der Waals surface area contributed by atoms with Gasteiger partial charge in [0.05, 0.1) is 15.8 Å². The highest BCUT2D eigenvalue weighted by Crippen LogP contribution is 2.32. The highest BCUT2D eigenvalue weighted by Gasteiger charge is 2.32. The van der Waals surface area contributed by atoms with Crippen LogP contribution in [0.5, 0.6) is 0 Å². The zero-order chi connectivity index (χ0) is 17.2. The molecule has 1 amide bonds. The summed E-state index contributed by atoms with van der Waals surface area (Å²) in [4.78, 5) is 15.6. The number of rotatable bonds is 4. The van der Waals surface area contributed by atoms with E-state index in [2.05, 4.69) is 25.8 Å². The lowest BCUT2D eigenvalue weighted by Crippen LogP contribution is -2.23. The zero-order valence-electron chi connectivity index (χ0n) is 11.8. The van der Waals surface area contributed by atoms with Gasteiger partial charge in [0.25, 0.3) is 0 Å². The Balaban J connectivity index is 2.06. The largest absolute Gasteiger partial charge is 0.417 e. The summed E-state index contributed by atoms with van der Waals surface area (Å²) in [6.07, 6.45) is -3.95. The number of tetrazole rings is 1. The van der Waals surface area contributed by atoms with Gasteiger partial charge in [0, 0.05) is 13.2 Å². The number of pyridine rings is 1. The lowest BCUT2D eigenvalue weighted by atomic mass is 10.2. The van der Waals surface area contributed by atoms with E-state index < -0.39 is 22.9 Å². The maximum absolute atomic E-state index is 12.5. The van der Waals surface area contributed by atoms with Crippen LogP contribution in [-0.2, 0) is 18.0 Å². The number of amides is 1. The fraction of sp³-hybridized carbons (Fsp3) is 0.364. The molecule has 0 spiro atoms. The van der Waals surface area contributed by atoms with E-state index in [9.17, 15) is 18.0 Å². The number of nitrogens with one attached hydrogen (secondary N) is 1. The molecule has 23 heavy (non-hydrogen) atoms. The molecular weight excluding hydrogens is 357 g/mol. The van der Waals surface area contributed by atoms with Crippen LogP contribution >= 0.6 is 23.4 Å². The Morgan fingerprint density at radius 1 is 1.48 bits per heavy atom. The van der Waals surface area contributed by atoms with Gasteiger partial charge in [-0.25, -0.2) is 9.67 Å². The minimum absolute atomic E-state index is 0.145. The predicted octanol–water partition coefficient (Wildman–Crippen LogP) is 2.40. The Morgan fingerprint density at radius 2 is 2.17 bits per heavy atom. The second kappa shape index (κ2) is 6.71. The molecule has 124 valence electrons. The fourth-order valence-corrected chi connectivity index (χ4v) is 2.40. The van der Waals surface area contributed by atoms with Gasteiger partial charge in [-0.1, -0.05) is 23.4 Å². The lowest BCUT2D eigenvalue weighted by Gasteiger charge is -2.12. The Hall–Kier alpha value is -1.88. The Bertz CT molecular complexity index is 722. The topological polar surface area (TPSA) is 85.6 Å². The van der Waals surface area contributed by atoms with Crippen molar-refractivity contribution >= 4 is 35.1 Å². The quantitative estimate of drug-likeness (QED) is 0.836. The molecule has 2 rings (SSSR count). The summed E-state index contributed by atoms with van der Waals surface area (Å²) in [5.41, 5.74) is -0.993. The van der Waals surface area contributed by atoms with Crippen LogP contribution in [0.3, 0.4) is 0 Å². The molecule has 0 radical (unpaired) electrons. The molecule has 2 aromatic heterocycles. The standard InChI is InChI=1S/C11H10ClF3N6OS/c1-5(23-10-18-19-20-21(10)2)9(22)17-8-7(12)3-6(4-16-8)11(13,14)15/h3-5H,1-2H3,(H,16,17,22)/t5-/m0/s1. The van der Waals surface area contributed by atoms with Gasteiger partial charge in [-0.15, -0.1) is 5.10 Å². The van der Waals surface area contributed by atoms with Gasteiger partial charge in [-0.2, -0.15) is 13.2 Å². The predicted molar refractivity (Wildman–Crippen MR) is 77.0 cm³/mol. The smallest absolute Gasteiger partial charge is 0.308 e. The molecule has 1 atom stereocenters. The number of carbonyl (C=O) groups excluding carboxylic acids is 1. The number of halogens is 4. The van der Waals surface area contributed by atoms with Gasteiger partial charge in [-0.05, 0) is 23.4 Å². The summed E-state index contributed by atoms with van der Waals surface area (Å²) < 4.78 is 39.0. The van der Waals surface area contributed by atoms with Crippen LogP contribution in [0.2, 0.25) is 5.02 Å². The number of carbonyl (C=O) groups is 1. The first kappa shape index (κ1) is 17.5. The van der Waals surface area contributed by atoms with E-state index in [0.717, 1.165) is 11.8 Å². The van der Waals surface area contributed by atoms with E-state index in [1.165, 1.54) is 4.68 Å². The number of aryl methyl sites for hydroxylation is 1. The average molecular weight is 367 g/mol. The minimum atomic E-state index is -4.56. The monoisotopic (exact) mass is 366 g/mol. The molecule has 0 saturated heterocycles. The molecule has 1 N–H and O–H groups in total. The van der Waals surface area contributed by atoms with Crippen molar-refractivity contribution in [3.8, 4) is 0 Å². The number of thioether (sulfide) groups is 1. The molecule has 7 nitrogen and oxygen atoms in total. The van der Waals surface area contributed by atoms with Crippen molar-refractivity contribution in [3.63, 3.8) is 0 Å². The lowest BCUT2D eigenvalue weighted by molar-refractivity contribution is -0.137. The first-order chi connectivity index (χ1) is 10.7. The molecule has 2 heterocycles. The third-order valence-corrected chi connectivity index (χ3v) is 4.06. The highest BCUT2D eigenvalue weighted by molar-refractivity contribution is 8.00. The van der Waals surface area contributed by atoms with Crippen LogP contribution in [0.4, 0.5) is 19.0 Å². The summed E-state index contributed by atoms with van der Waals surface area (Å²) in [5.74, 6) is -0.639. The molecule has 12 heteroatoms. The van der Waals surface area contributed by atoms with Crippen LogP contribution in [0.1, 0.15) is 12.5 Å². The summed E-state index contributed by atoms with van der Waals surface area (Å²) >= 11 is 6.81. The summed E-state index contributed by atoms with van der Waals surface area (Å²) in [5, 5.41) is 12.7. The van der Waals surface area contributed by atoms with Crippen LogP contribution < -0.4 is 5.32 Å². The van der Waals surface area contributed by atoms with E-state index in [0.29, 0.717) is 17.4 Å². The van der Waals surface area contributed by atoms with E-state index in [-0.39, 0.29) is 10.8 Å². The molecule has 0 bridgehead atoms. The summed E-state index contributed by atoms with van der Waals surface area (Å²) in [7, 11) is 1.61. The number of alkyl halides is 3. The molecule has 0 fully saturated rings. The third-order valence-electron chi connectivity index (χ3n) is 2.64. The van der Waals surface area contributed by atoms with Gasteiger partial charge in [-0.3, -0.25) is 4.79 Å². The van der Waals surface area contributed by atoms with Crippen molar-refractivity contribution < 1.29 is 18.0 Å². The van der Waals surface area contributed by atoms with Crippen molar-refractivity contribution in [2.45, 2.75) is 23.5 Å². The number of hydrogen-bond donors (Lipinski definition) is 1. The van der Waals surface area contributed by atoms with E-state index in [1.54, 1.807) is 14.0 Å². The molecule has 0 aliphatic rings. The van der Waals surface area contributed by atoms with Crippen molar-refractivity contribution in [1.29, 1.82) is 0 Å². The maximum Gasteiger partial charge on any atom is 0.417 e. The van der Waals surface area contributed by atoms with Gasteiger partial charge in [0.2, 0.25) is 11.1 Å². The Labute approximate surface area is 137 Å². The van der Waals surface area contributed by atoms with Crippen LogP contribution in [0.25, 0.3) is 0 Å². The first-order valence-corrected chi connectivity index (χ1v) is 7.37. The van der Waals surface area contributed by atoms with Crippen molar-refractivity contribution in [2.24, 2.45) is 7.05 Å². The number of hydrogen-bond acceptors (Lipinski definition) is 6. The first-order valence-electron chi connectivity index (χ1n) is 6.11. The highest BCUT2D eigenvalue weighted by atomic mass is 35.5. The number of anilines is 1. The molecule has 0 aromatic carbocycles. The third kappa shape index (κ3) is 4.32. The normalized spacial score (nSPS) is 13.0. The van der Waals surface area contributed by atoms with Crippen molar-refractivity contribution in [1.82, 2.24) is 25.2 Å². The number of nitrogens with zero attached hydrogens (tertiary/aromatic N) is 5.